The van der Waals surface area contributed by atoms with Gasteiger partial charge in [0.05, 0.1) is 12.7 Å². The predicted molar refractivity (Wildman–Crippen MR) is 147 cm³/mol. The van der Waals surface area contributed by atoms with Crippen LogP contribution >= 0.6 is 0 Å². The van der Waals surface area contributed by atoms with E-state index in [4.69, 9.17) is 23.7 Å². The smallest absolute Gasteiger partial charge is 0.303 e. The van der Waals surface area contributed by atoms with Gasteiger partial charge in [-0.25, -0.2) is 29.9 Å². The van der Waals surface area contributed by atoms with Gasteiger partial charge in [0.1, 0.15) is 54.0 Å². The van der Waals surface area contributed by atoms with E-state index in [9.17, 15) is 14.4 Å². The van der Waals surface area contributed by atoms with Crippen LogP contribution in [0.25, 0.3) is 22.3 Å². The van der Waals surface area contributed by atoms with Gasteiger partial charge in [-0.1, -0.05) is 0 Å². The van der Waals surface area contributed by atoms with Crippen LogP contribution in [-0.4, -0.2) is 88.5 Å². The zero-order valence-corrected chi connectivity index (χ0v) is 24.1. The number of aromatic nitrogens is 8. The molecule has 0 spiro atoms. The first-order valence-electron chi connectivity index (χ1n) is 13.9. The number of fused-ring (bicyclic) bond motifs is 2. The van der Waals surface area contributed by atoms with E-state index in [0.717, 1.165) is 19.3 Å². The van der Waals surface area contributed by atoms with Crippen LogP contribution in [0.2, 0.25) is 0 Å². The first kappa shape index (κ1) is 29.1. The summed E-state index contributed by atoms with van der Waals surface area (Å²) >= 11 is 0. The monoisotopic (exact) mass is 604 g/mol. The fraction of sp³-hybridized carbons (Fsp3) is 0.464. The molecule has 6 rings (SSSR count). The van der Waals surface area contributed by atoms with Gasteiger partial charge in [0.25, 0.3) is 0 Å². The quantitative estimate of drug-likeness (QED) is 0.175. The van der Waals surface area contributed by atoms with Crippen molar-refractivity contribution in [1.82, 2.24) is 39.0 Å². The van der Waals surface area contributed by atoms with Crippen LogP contribution in [-0.2, 0) is 38.1 Å². The van der Waals surface area contributed by atoms with Crippen molar-refractivity contribution >= 4 is 40.2 Å². The van der Waals surface area contributed by atoms with E-state index in [1.54, 1.807) is 6.33 Å². The maximum atomic E-state index is 12.0. The molecule has 6 heterocycles. The average Bonchev–Trinajstić information content (AvgIpc) is 3.71. The molecule has 2 saturated heterocycles. The zero-order chi connectivity index (χ0) is 30.8. The lowest BCUT2D eigenvalue weighted by Crippen LogP contribution is -2.40. The van der Waals surface area contributed by atoms with E-state index in [-0.39, 0.29) is 12.8 Å². The number of carbonyl (C=O) groups excluding carboxylic acids is 3. The van der Waals surface area contributed by atoms with Crippen LogP contribution in [0.4, 0.5) is 0 Å². The third-order valence-electron chi connectivity index (χ3n) is 7.10. The highest BCUT2D eigenvalue weighted by atomic mass is 16.7. The molecule has 4 aromatic heterocycles. The minimum Gasteiger partial charge on any atom is -0.463 e. The molecular formula is C28H28N8O8. The van der Waals surface area contributed by atoms with Crippen molar-refractivity contribution in [3.05, 3.63) is 36.7 Å². The Bertz CT molecular complexity index is 1790. The number of esters is 3. The number of rotatable bonds is 6. The number of carbonyl (C=O) groups is 3. The van der Waals surface area contributed by atoms with Crippen LogP contribution in [0.15, 0.2) is 25.3 Å². The second-order valence-electron chi connectivity index (χ2n) is 10.2. The summed E-state index contributed by atoms with van der Waals surface area (Å²) in [7, 11) is 0. The Morgan fingerprint density at radius 1 is 0.818 bits per heavy atom. The molecule has 0 radical (unpaired) electrons. The molecule has 228 valence electrons. The third kappa shape index (κ3) is 5.79. The van der Waals surface area contributed by atoms with Gasteiger partial charge in [0, 0.05) is 27.4 Å². The first-order valence-corrected chi connectivity index (χ1v) is 13.9. The summed E-state index contributed by atoms with van der Waals surface area (Å²) in [5.74, 6) is 4.22. The van der Waals surface area contributed by atoms with Crippen LogP contribution in [0.3, 0.4) is 0 Å². The first-order chi connectivity index (χ1) is 21.3. The van der Waals surface area contributed by atoms with E-state index in [0.29, 0.717) is 40.3 Å². The molecule has 44 heavy (non-hydrogen) atoms. The van der Waals surface area contributed by atoms with Crippen molar-refractivity contribution in [1.29, 1.82) is 0 Å². The molecule has 0 bridgehead atoms. The summed E-state index contributed by atoms with van der Waals surface area (Å²) < 4.78 is 31.5. The molecule has 0 saturated carbocycles. The van der Waals surface area contributed by atoms with Gasteiger partial charge < -0.3 is 23.7 Å². The molecule has 0 aromatic carbocycles. The van der Waals surface area contributed by atoms with Gasteiger partial charge in [0.2, 0.25) is 0 Å². The van der Waals surface area contributed by atoms with E-state index >= 15 is 0 Å². The van der Waals surface area contributed by atoms with Crippen molar-refractivity contribution < 1.29 is 38.1 Å². The van der Waals surface area contributed by atoms with E-state index in [1.807, 2.05) is 4.57 Å². The normalized spacial score (nSPS) is 23.2. The number of nitrogens with zero attached hydrogens (tertiary/aromatic N) is 8. The van der Waals surface area contributed by atoms with E-state index in [1.165, 1.54) is 44.3 Å². The molecule has 0 aliphatic carbocycles. The largest absolute Gasteiger partial charge is 0.463 e. The van der Waals surface area contributed by atoms with Crippen molar-refractivity contribution in [2.24, 2.45) is 0 Å². The van der Waals surface area contributed by atoms with Gasteiger partial charge in [0.15, 0.2) is 29.7 Å². The number of hydrogen-bond donors (Lipinski definition) is 0. The summed E-state index contributed by atoms with van der Waals surface area (Å²) in [6.45, 7) is 4.12. The molecule has 0 N–H and O–H groups in total. The van der Waals surface area contributed by atoms with Gasteiger partial charge in [-0.3, -0.25) is 23.5 Å². The molecule has 2 fully saturated rings. The molecule has 4 aromatic rings. The molecule has 2 aliphatic rings. The molecule has 16 heteroatoms. The van der Waals surface area contributed by atoms with Gasteiger partial charge in [-0.2, -0.15) is 0 Å². The van der Waals surface area contributed by atoms with Crippen LogP contribution in [0, 0.1) is 11.8 Å². The Hall–Kier alpha value is -5.01. The summed E-state index contributed by atoms with van der Waals surface area (Å²) in [4.78, 5) is 61.8. The van der Waals surface area contributed by atoms with Crippen molar-refractivity contribution in [2.75, 3.05) is 13.2 Å². The Labute approximate surface area is 250 Å². The highest BCUT2D eigenvalue weighted by Crippen LogP contribution is 2.36. The van der Waals surface area contributed by atoms with Gasteiger partial charge >= 0.3 is 17.9 Å². The summed E-state index contributed by atoms with van der Waals surface area (Å²) in [5, 5.41) is 0. The summed E-state index contributed by atoms with van der Waals surface area (Å²) in [6.07, 6.45) is 4.52. The number of hydrogen-bond acceptors (Lipinski definition) is 14. The number of ether oxygens (including phenoxy) is 5. The topological polar surface area (TPSA) is 185 Å². The van der Waals surface area contributed by atoms with Crippen molar-refractivity contribution in [2.45, 2.75) is 70.8 Å². The maximum absolute atomic E-state index is 12.0. The van der Waals surface area contributed by atoms with Crippen LogP contribution in [0.1, 0.15) is 63.9 Å². The lowest BCUT2D eigenvalue weighted by molar-refractivity contribution is -0.166. The minimum absolute atomic E-state index is 0.141. The van der Waals surface area contributed by atoms with Crippen molar-refractivity contribution in [3.63, 3.8) is 0 Å². The average molecular weight is 605 g/mol. The highest BCUT2D eigenvalue weighted by Gasteiger charge is 2.51. The Morgan fingerprint density at radius 3 is 2.02 bits per heavy atom. The van der Waals surface area contributed by atoms with Crippen LogP contribution in [0.5, 0.6) is 0 Å². The van der Waals surface area contributed by atoms with Gasteiger partial charge in [-0.05, 0) is 31.1 Å². The highest BCUT2D eigenvalue weighted by molar-refractivity contribution is 5.79. The SMILES string of the molecule is CC(=O)OC[C@H]1O[C@@H](n2cnc3c(C#Cc4ncnc5c4ncn5C4CCCCO4)ncnc32)[C@H](OC(C)=O)[C@@H]1OC(C)=O. The van der Waals surface area contributed by atoms with Crippen molar-refractivity contribution in [3.8, 4) is 11.8 Å². The summed E-state index contributed by atoms with van der Waals surface area (Å²) in [6, 6.07) is 0. The van der Waals surface area contributed by atoms with Crippen LogP contribution < -0.4 is 0 Å². The molecule has 16 nitrogen and oxygen atoms in total. The third-order valence-corrected chi connectivity index (χ3v) is 7.10. The standard InChI is InChI=1S/C28H28N8O8/c1-15(37)41-10-20-24(42-16(2)38)25(43-17(3)39)28(44-20)36-14-34-23-19(30-12-32-27(23)36)8-7-18-22-26(31-11-29-18)35(13-33-22)21-6-4-5-9-40-21/h11-14,20-21,24-25,28H,4-6,9-10H2,1-3H3/t20-,21?,24-,25-,28-/m1/s1. The Balaban J connectivity index is 1.33. The maximum Gasteiger partial charge on any atom is 0.303 e. The Morgan fingerprint density at radius 2 is 1.43 bits per heavy atom. The molecule has 0 amide bonds. The lowest BCUT2D eigenvalue weighted by atomic mass is 10.1. The lowest BCUT2D eigenvalue weighted by Gasteiger charge is -2.23. The van der Waals surface area contributed by atoms with E-state index in [2.05, 4.69) is 41.7 Å². The molecular weight excluding hydrogens is 576 g/mol. The zero-order valence-electron chi connectivity index (χ0n) is 24.1. The minimum atomic E-state index is -1.10. The number of imidazole rings is 2. The Kier molecular flexibility index (Phi) is 8.13. The van der Waals surface area contributed by atoms with E-state index < -0.39 is 42.4 Å². The molecule has 2 aliphatic heterocycles. The second kappa shape index (κ2) is 12.3. The second-order valence-corrected chi connectivity index (χ2v) is 10.2. The van der Waals surface area contributed by atoms with Gasteiger partial charge in [-0.15, -0.1) is 0 Å². The predicted octanol–water partition coefficient (Wildman–Crippen LogP) is 1.39. The summed E-state index contributed by atoms with van der Waals surface area (Å²) in [5.41, 5.74) is 2.50. The fourth-order valence-corrected chi connectivity index (χ4v) is 5.26. The molecule has 1 unspecified atom stereocenters. The molecule has 5 atom stereocenters. The fourth-order valence-electron chi connectivity index (χ4n) is 5.26.